The standard InChI is InChI=1S/C24H27NO3Si/c1-18(17-26)22-16-19(14-15-29(2,3)4)25(23-13-9-8-12-21(22)23)24(27)28-20-10-6-5-7-11-20/h5-13,16,18-19,26H,17H2,1-4H3. The Morgan fingerprint density at radius 1 is 1.14 bits per heavy atom. The molecule has 1 N–H and O–H groups in total. The van der Waals surface area contributed by atoms with Crippen molar-refractivity contribution in [2.75, 3.05) is 11.5 Å². The number of benzene rings is 2. The molecule has 0 radical (unpaired) electrons. The van der Waals surface area contributed by atoms with Crippen LogP contribution < -0.4 is 9.64 Å². The van der Waals surface area contributed by atoms with Crippen molar-refractivity contribution in [1.29, 1.82) is 0 Å². The molecule has 0 saturated heterocycles. The number of carbonyl (C=O) groups excluding carboxylic acids is 1. The van der Waals surface area contributed by atoms with E-state index < -0.39 is 20.2 Å². The molecule has 1 amide bonds. The lowest BCUT2D eigenvalue weighted by Gasteiger charge is -2.34. The lowest BCUT2D eigenvalue weighted by molar-refractivity contribution is 0.207. The van der Waals surface area contributed by atoms with Gasteiger partial charge in [-0.15, -0.1) is 5.54 Å². The van der Waals surface area contributed by atoms with Gasteiger partial charge in [0.25, 0.3) is 0 Å². The summed E-state index contributed by atoms with van der Waals surface area (Å²) in [6.45, 7) is 8.52. The third-order valence-electron chi connectivity index (χ3n) is 4.64. The van der Waals surface area contributed by atoms with Crippen LogP contribution in [0.5, 0.6) is 5.75 Å². The third kappa shape index (κ3) is 4.97. The summed E-state index contributed by atoms with van der Waals surface area (Å²) in [5.41, 5.74) is 6.06. The zero-order valence-electron chi connectivity index (χ0n) is 17.3. The Hall–Kier alpha value is -2.81. The highest BCUT2D eigenvalue weighted by Gasteiger charge is 2.33. The van der Waals surface area contributed by atoms with Gasteiger partial charge >= 0.3 is 6.09 Å². The number of fused-ring (bicyclic) bond motifs is 1. The van der Waals surface area contributed by atoms with Crippen LogP contribution in [0.4, 0.5) is 10.5 Å². The molecule has 0 bridgehead atoms. The number of ether oxygens (including phenoxy) is 1. The van der Waals surface area contributed by atoms with Gasteiger partial charge in [-0.25, -0.2) is 4.79 Å². The van der Waals surface area contributed by atoms with Crippen molar-refractivity contribution in [2.24, 2.45) is 5.92 Å². The minimum atomic E-state index is -1.65. The predicted octanol–water partition coefficient (Wildman–Crippen LogP) is 4.97. The zero-order valence-corrected chi connectivity index (χ0v) is 18.3. The molecular formula is C24H27NO3Si. The molecule has 150 valence electrons. The fourth-order valence-electron chi connectivity index (χ4n) is 3.19. The van der Waals surface area contributed by atoms with Gasteiger partial charge in [0.05, 0.1) is 5.69 Å². The first-order valence-electron chi connectivity index (χ1n) is 9.81. The summed E-state index contributed by atoms with van der Waals surface area (Å²) >= 11 is 0. The molecule has 0 aliphatic carbocycles. The summed E-state index contributed by atoms with van der Waals surface area (Å²) in [6.07, 6.45) is 1.52. The van der Waals surface area contributed by atoms with Crippen LogP contribution in [0.3, 0.4) is 0 Å². The normalized spacial score (nSPS) is 16.8. The molecule has 1 aliphatic rings. The number of carbonyl (C=O) groups is 1. The lowest BCUT2D eigenvalue weighted by Crippen LogP contribution is -2.43. The molecule has 0 saturated carbocycles. The van der Waals surface area contributed by atoms with Crippen LogP contribution in [0.25, 0.3) is 5.57 Å². The van der Waals surface area contributed by atoms with Crippen molar-refractivity contribution in [2.45, 2.75) is 32.6 Å². The molecule has 5 heteroatoms. The molecule has 1 aliphatic heterocycles. The molecule has 1 heterocycles. The molecule has 0 spiro atoms. The third-order valence-corrected chi connectivity index (χ3v) is 5.53. The van der Waals surface area contributed by atoms with Gasteiger partial charge in [-0.05, 0) is 29.8 Å². The van der Waals surface area contributed by atoms with Crippen LogP contribution in [0.2, 0.25) is 19.6 Å². The van der Waals surface area contributed by atoms with Crippen molar-refractivity contribution < 1.29 is 14.6 Å². The van der Waals surface area contributed by atoms with Gasteiger partial charge < -0.3 is 9.84 Å². The van der Waals surface area contributed by atoms with Gasteiger partial charge in [0.1, 0.15) is 19.9 Å². The molecule has 4 nitrogen and oxygen atoms in total. The SMILES string of the molecule is CC(CO)C1=CC(C#C[Si](C)(C)C)N(C(=O)Oc2ccccc2)c2ccccc21. The maximum atomic E-state index is 13.2. The number of rotatable bonds is 3. The Morgan fingerprint density at radius 3 is 2.45 bits per heavy atom. The largest absolute Gasteiger partial charge is 0.421 e. The Morgan fingerprint density at radius 2 is 1.79 bits per heavy atom. The van der Waals surface area contributed by atoms with E-state index in [2.05, 4.69) is 31.1 Å². The van der Waals surface area contributed by atoms with Crippen LogP contribution in [0.1, 0.15) is 12.5 Å². The van der Waals surface area contributed by atoms with E-state index in [-0.39, 0.29) is 12.5 Å². The average Bonchev–Trinajstić information content (AvgIpc) is 2.70. The van der Waals surface area contributed by atoms with Crippen LogP contribution in [-0.4, -0.2) is 31.9 Å². The summed E-state index contributed by atoms with van der Waals surface area (Å²) in [5, 5.41) is 9.75. The van der Waals surface area contributed by atoms with E-state index in [1.165, 1.54) is 0 Å². The van der Waals surface area contributed by atoms with E-state index in [0.717, 1.165) is 16.8 Å². The number of nitrogens with zero attached hydrogens (tertiary/aromatic N) is 1. The van der Waals surface area contributed by atoms with Crippen molar-refractivity contribution in [1.82, 2.24) is 0 Å². The van der Waals surface area contributed by atoms with Crippen LogP contribution in [0.15, 0.2) is 60.7 Å². The smallest absolute Gasteiger partial charge is 0.410 e. The van der Waals surface area contributed by atoms with E-state index in [4.69, 9.17) is 4.74 Å². The number of hydrogen-bond donors (Lipinski definition) is 1. The first-order chi connectivity index (χ1) is 13.8. The molecule has 2 aromatic carbocycles. The van der Waals surface area contributed by atoms with Gasteiger partial charge in [-0.2, -0.15) is 0 Å². The number of para-hydroxylation sites is 2. The summed E-state index contributed by atoms with van der Waals surface area (Å²) in [5.74, 6) is 3.74. The Bertz CT molecular complexity index is 967. The number of aliphatic hydroxyl groups excluding tert-OH is 1. The molecular weight excluding hydrogens is 378 g/mol. The second-order valence-corrected chi connectivity index (χ2v) is 13.0. The fourth-order valence-corrected chi connectivity index (χ4v) is 3.77. The van der Waals surface area contributed by atoms with E-state index in [1.807, 2.05) is 55.5 Å². The van der Waals surface area contributed by atoms with E-state index >= 15 is 0 Å². The van der Waals surface area contributed by atoms with Gasteiger partial charge in [0, 0.05) is 18.1 Å². The number of amides is 1. The summed E-state index contributed by atoms with van der Waals surface area (Å²) < 4.78 is 5.65. The Balaban J connectivity index is 2.08. The highest BCUT2D eigenvalue weighted by Crippen LogP contribution is 2.38. The molecule has 0 aromatic heterocycles. The minimum absolute atomic E-state index is 0.0306. The predicted molar refractivity (Wildman–Crippen MR) is 121 cm³/mol. The molecule has 2 unspecified atom stereocenters. The highest BCUT2D eigenvalue weighted by atomic mass is 28.3. The van der Waals surface area contributed by atoms with Gasteiger partial charge in [0.15, 0.2) is 0 Å². The number of anilines is 1. The minimum Gasteiger partial charge on any atom is -0.410 e. The lowest BCUT2D eigenvalue weighted by atomic mass is 9.88. The maximum absolute atomic E-state index is 13.2. The highest BCUT2D eigenvalue weighted by molar-refractivity contribution is 6.83. The first kappa shape index (κ1) is 20.9. The van der Waals surface area contributed by atoms with E-state index in [1.54, 1.807) is 17.0 Å². The van der Waals surface area contributed by atoms with E-state index in [0.29, 0.717) is 5.75 Å². The fraction of sp³-hybridized carbons (Fsp3) is 0.292. The zero-order chi connectivity index (χ0) is 21.0. The van der Waals surface area contributed by atoms with Gasteiger partial charge in [-0.1, -0.05) is 68.9 Å². The van der Waals surface area contributed by atoms with Crippen molar-refractivity contribution >= 4 is 25.4 Å². The van der Waals surface area contributed by atoms with Gasteiger partial charge in [-0.3, -0.25) is 4.90 Å². The van der Waals surface area contributed by atoms with Crippen LogP contribution >= 0.6 is 0 Å². The summed E-state index contributed by atoms with van der Waals surface area (Å²) in [4.78, 5) is 14.8. The number of aliphatic hydroxyl groups is 1. The van der Waals surface area contributed by atoms with Crippen molar-refractivity contribution in [3.05, 3.63) is 66.2 Å². The molecule has 3 rings (SSSR count). The van der Waals surface area contributed by atoms with Crippen LogP contribution in [-0.2, 0) is 0 Å². The maximum Gasteiger partial charge on any atom is 0.421 e. The quantitative estimate of drug-likeness (QED) is 0.580. The Labute approximate surface area is 173 Å². The average molecular weight is 406 g/mol. The monoisotopic (exact) mass is 405 g/mol. The molecule has 2 aromatic rings. The van der Waals surface area contributed by atoms with Crippen molar-refractivity contribution in [3.8, 4) is 17.2 Å². The van der Waals surface area contributed by atoms with E-state index in [9.17, 15) is 9.90 Å². The Kier molecular flexibility index (Phi) is 6.26. The topological polar surface area (TPSA) is 49.8 Å². The first-order valence-corrected chi connectivity index (χ1v) is 13.3. The summed E-state index contributed by atoms with van der Waals surface area (Å²) in [6, 6.07) is 16.3. The molecule has 2 atom stereocenters. The van der Waals surface area contributed by atoms with Crippen molar-refractivity contribution in [3.63, 3.8) is 0 Å². The van der Waals surface area contributed by atoms with Gasteiger partial charge in [0.2, 0.25) is 0 Å². The summed E-state index contributed by atoms with van der Waals surface area (Å²) in [7, 11) is -1.65. The molecule has 29 heavy (non-hydrogen) atoms. The second-order valence-electron chi connectivity index (χ2n) is 8.24. The number of hydrogen-bond acceptors (Lipinski definition) is 3. The second kappa shape index (κ2) is 8.69. The molecule has 0 fully saturated rings. The van der Waals surface area contributed by atoms with Crippen LogP contribution in [0, 0.1) is 17.4 Å².